The Bertz CT molecular complexity index is 377. The van der Waals surface area contributed by atoms with Gasteiger partial charge in [0.2, 0.25) is 5.28 Å². The molecule has 1 saturated heterocycles. The summed E-state index contributed by atoms with van der Waals surface area (Å²) < 4.78 is 13.6. The molecule has 1 fully saturated rings. The number of nitrogens with zero attached hydrogens (tertiary/aromatic N) is 3. The van der Waals surface area contributed by atoms with Crippen LogP contribution in [0.3, 0.4) is 0 Å². The Kier molecular flexibility index (Phi) is 3.56. The zero-order chi connectivity index (χ0) is 11.5. The van der Waals surface area contributed by atoms with Crippen LogP contribution in [0.25, 0.3) is 0 Å². The van der Waals surface area contributed by atoms with E-state index in [0.29, 0.717) is 6.54 Å². The molecule has 1 aliphatic heterocycles. The quantitative estimate of drug-likeness (QED) is 0.805. The first-order chi connectivity index (χ1) is 7.72. The summed E-state index contributed by atoms with van der Waals surface area (Å²) in [5, 5.41) is 9.27. The molecule has 0 amide bonds. The van der Waals surface area contributed by atoms with E-state index in [1.807, 2.05) is 0 Å². The number of piperidine rings is 1. The van der Waals surface area contributed by atoms with Crippen LogP contribution in [-0.2, 0) is 0 Å². The van der Waals surface area contributed by atoms with Crippen molar-refractivity contribution < 1.29 is 9.50 Å². The summed E-state index contributed by atoms with van der Waals surface area (Å²) in [5.74, 6) is -0.302. The smallest absolute Gasteiger partial charge is 0.224 e. The molecule has 0 bridgehead atoms. The first-order valence-electron chi connectivity index (χ1n) is 5.28. The van der Waals surface area contributed by atoms with Gasteiger partial charge in [-0.15, -0.1) is 0 Å². The van der Waals surface area contributed by atoms with Crippen molar-refractivity contribution in [2.45, 2.75) is 25.3 Å². The predicted octanol–water partition coefficient (Wildman–Crippen LogP) is 1.62. The van der Waals surface area contributed by atoms with E-state index in [-0.39, 0.29) is 23.8 Å². The number of halogens is 2. The maximum Gasteiger partial charge on any atom is 0.224 e. The van der Waals surface area contributed by atoms with Crippen LogP contribution in [-0.4, -0.2) is 34.3 Å². The SMILES string of the molecule is OCC1CCCCN1c1nc(Cl)ncc1F. The van der Waals surface area contributed by atoms with Gasteiger partial charge in [-0.05, 0) is 30.9 Å². The van der Waals surface area contributed by atoms with Crippen molar-refractivity contribution in [3.8, 4) is 0 Å². The normalized spacial score (nSPS) is 21.2. The number of aliphatic hydroxyl groups excluding tert-OH is 1. The van der Waals surface area contributed by atoms with Crippen molar-refractivity contribution in [3.05, 3.63) is 17.3 Å². The van der Waals surface area contributed by atoms with Crippen molar-refractivity contribution in [1.29, 1.82) is 0 Å². The molecule has 1 atom stereocenters. The molecule has 1 aromatic heterocycles. The van der Waals surface area contributed by atoms with Gasteiger partial charge in [-0.3, -0.25) is 0 Å². The minimum Gasteiger partial charge on any atom is -0.394 e. The van der Waals surface area contributed by atoms with Crippen molar-refractivity contribution in [2.75, 3.05) is 18.1 Å². The van der Waals surface area contributed by atoms with E-state index in [4.69, 9.17) is 11.6 Å². The Morgan fingerprint density at radius 3 is 3.12 bits per heavy atom. The Morgan fingerprint density at radius 1 is 1.56 bits per heavy atom. The summed E-state index contributed by atoms with van der Waals surface area (Å²) in [6.45, 7) is 0.691. The fourth-order valence-corrected chi connectivity index (χ4v) is 2.14. The molecule has 1 aromatic rings. The molecule has 2 heterocycles. The Labute approximate surface area is 98.1 Å². The predicted molar refractivity (Wildman–Crippen MR) is 59.1 cm³/mol. The van der Waals surface area contributed by atoms with E-state index >= 15 is 0 Å². The molecule has 6 heteroatoms. The van der Waals surface area contributed by atoms with Crippen LogP contribution < -0.4 is 4.90 Å². The van der Waals surface area contributed by atoms with Crippen LogP contribution >= 0.6 is 11.6 Å². The molecule has 1 aliphatic rings. The van der Waals surface area contributed by atoms with Crippen LogP contribution in [0.15, 0.2) is 6.20 Å². The average molecular weight is 246 g/mol. The number of rotatable bonds is 2. The minimum absolute atomic E-state index is 0.00105. The number of hydrogen-bond acceptors (Lipinski definition) is 4. The monoisotopic (exact) mass is 245 g/mol. The molecule has 2 rings (SSSR count). The Morgan fingerprint density at radius 2 is 2.38 bits per heavy atom. The molecule has 0 aliphatic carbocycles. The molecule has 0 aromatic carbocycles. The number of anilines is 1. The van der Waals surface area contributed by atoms with E-state index in [9.17, 15) is 9.50 Å². The Hall–Kier alpha value is -0.940. The Balaban J connectivity index is 2.30. The lowest BCUT2D eigenvalue weighted by molar-refractivity contribution is 0.238. The molecule has 0 radical (unpaired) electrons. The van der Waals surface area contributed by atoms with Gasteiger partial charge in [-0.25, -0.2) is 9.37 Å². The fourth-order valence-electron chi connectivity index (χ4n) is 2.01. The van der Waals surface area contributed by atoms with Crippen molar-refractivity contribution in [3.63, 3.8) is 0 Å². The lowest BCUT2D eigenvalue weighted by atomic mass is 10.0. The summed E-state index contributed by atoms with van der Waals surface area (Å²) in [7, 11) is 0. The lowest BCUT2D eigenvalue weighted by Crippen LogP contribution is -2.43. The number of hydrogen-bond donors (Lipinski definition) is 1. The molecular weight excluding hydrogens is 233 g/mol. The topological polar surface area (TPSA) is 49.2 Å². The molecular formula is C10H13ClFN3O. The first-order valence-corrected chi connectivity index (χ1v) is 5.65. The van der Waals surface area contributed by atoms with Gasteiger partial charge in [0.15, 0.2) is 11.6 Å². The highest BCUT2D eigenvalue weighted by atomic mass is 35.5. The molecule has 4 nitrogen and oxygen atoms in total. The van der Waals surface area contributed by atoms with Gasteiger partial charge in [-0.2, -0.15) is 4.98 Å². The van der Waals surface area contributed by atoms with Gasteiger partial charge < -0.3 is 10.0 Å². The fraction of sp³-hybridized carbons (Fsp3) is 0.600. The third-order valence-corrected chi connectivity index (χ3v) is 2.99. The van der Waals surface area contributed by atoms with Gasteiger partial charge >= 0.3 is 0 Å². The average Bonchev–Trinajstić information content (AvgIpc) is 2.32. The van der Waals surface area contributed by atoms with Gasteiger partial charge in [0, 0.05) is 6.54 Å². The second kappa shape index (κ2) is 4.93. The van der Waals surface area contributed by atoms with Gasteiger partial charge in [-0.1, -0.05) is 0 Å². The van der Waals surface area contributed by atoms with E-state index in [0.717, 1.165) is 25.5 Å². The summed E-state index contributed by atoms with van der Waals surface area (Å²) in [6.07, 6.45) is 3.92. The molecule has 0 saturated carbocycles. The van der Waals surface area contributed by atoms with Crippen molar-refractivity contribution in [2.24, 2.45) is 0 Å². The third kappa shape index (κ3) is 2.25. The maximum atomic E-state index is 13.6. The highest BCUT2D eigenvalue weighted by Crippen LogP contribution is 2.25. The molecule has 1 N–H and O–H groups in total. The highest BCUT2D eigenvalue weighted by molar-refractivity contribution is 6.28. The summed E-state index contributed by atoms with van der Waals surface area (Å²) in [6, 6.07) is -0.0748. The number of aromatic nitrogens is 2. The summed E-state index contributed by atoms with van der Waals surface area (Å²) in [4.78, 5) is 9.23. The molecule has 0 spiro atoms. The van der Waals surface area contributed by atoms with Gasteiger partial charge in [0.25, 0.3) is 0 Å². The van der Waals surface area contributed by atoms with Crippen LogP contribution in [0.4, 0.5) is 10.2 Å². The third-order valence-electron chi connectivity index (χ3n) is 2.81. The van der Waals surface area contributed by atoms with E-state index in [1.54, 1.807) is 4.90 Å². The standard InChI is InChI=1S/C10H13ClFN3O/c11-10-13-5-8(12)9(14-10)15-4-2-1-3-7(15)6-16/h5,7,16H,1-4,6H2. The molecule has 88 valence electrons. The van der Waals surface area contributed by atoms with Gasteiger partial charge in [0.1, 0.15) is 0 Å². The maximum absolute atomic E-state index is 13.6. The van der Waals surface area contributed by atoms with Crippen LogP contribution in [0, 0.1) is 5.82 Å². The minimum atomic E-state index is -0.496. The highest BCUT2D eigenvalue weighted by Gasteiger charge is 2.25. The molecule has 16 heavy (non-hydrogen) atoms. The second-order valence-corrected chi connectivity index (χ2v) is 4.17. The summed E-state index contributed by atoms with van der Waals surface area (Å²) in [5.41, 5.74) is 0. The summed E-state index contributed by atoms with van der Waals surface area (Å²) >= 11 is 5.65. The van der Waals surface area contributed by atoms with Crippen LogP contribution in [0.1, 0.15) is 19.3 Å². The van der Waals surface area contributed by atoms with E-state index in [2.05, 4.69) is 9.97 Å². The van der Waals surface area contributed by atoms with Crippen LogP contribution in [0.5, 0.6) is 0 Å². The van der Waals surface area contributed by atoms with E-state index in [1.165, 1.54) is 0 Å². The van der Waals surface area contributed by atoms with Gasteiger partial charge in [0.05, 0.1) is 18.8 Å². The second-order valence-electron chi connectivity index (χ2n) is 3.84. The number of aliphatic hydroxyl groups is 1. The zero-order valence-electron chi connectivity index (χ0n) is 8.74. The lowest BCUT2D eigenvalue weighted by Gasteiger charge is -2.35. The first kappa shape index (κ1) is 11.5. The van der Waals surface area contributed by atoms with E-state index < -0.39 is 5.82 Å². The zero-order valence-corrected chi connectivity index (χ0v) is 9.49. The molecule has 1 unspecified atom stereocenters. The van der Waals surface area contributed by atoms with Crippen LogP contribution in [0.2, 0.25) is 5.28 Å². The van der Waals surface area contributed by atoms with Crippen molar-refractivity contribution >= 4 is 17.4 Å². The largest absolute Gasteiger partial charge is 0.394 e. The van der Waals surface area contributed by atoms with Crippen molar-refractivity contribution in [1.82, 2.24) is 9.97 Å².